The first-order chi connectivity index (χ1) is 12.0. The Morgan fingerprint density at radius 1 is 1.16 bits per heavy atom. The van der Waals surface area contributed by atoms with Crippen LogP contribution in [0.1, 0.15) is 21.1 Å². The van der Waals surface area contributed by atoms with E-state index in [1.165, 1.54) is 17.4 Å². The molecule has 7 heteroatoms. The molecule has 1 N–H and O–H groups in total. The monoisotopic (exact) mass is 360 g/mol. The van der Waals surface area contributed by atoms with Crippen molar-refractivity contribution < 1.29 is 18.3 Å². The third-order valence-electron chi connectivity index (χ3n) is 3.48. The lowest BCUT2D eigenvalue weighted by molar-refractivity contribution is 0.102. The van der Waals surface area contributed by atoms with Crippen LogP contribution in [0.5, 0.6) is 5.75 Å². The molecule has 1 aromatic heterocycles. The molecule has 0 aliphatic carbocycles. The second-order valence-corrected chi connectivity index (χ2v) is 6.18. The second-order valence-electron chi connectivity index (χ2n) is 5.23. The zero-order valence-electron chi connectivity index (χ0n) is 13.3. The number of aromatic nitrogens is 1. The lowest BCUT2D eigenvalue weighted by atomic mass is 10.1. The van der Waals surface area contributed by atoms with Gasteiger partial charge in [-0.15, -0.1) is 11.3 Å². The number of thiazole rings is 1. The summed E-state index contributed by atoms with van der Waals surface area (Å²) < 4.78 is 31.2. The Balaban J connectivity index is 1.67. The number of hydrogen-bond donors (Lipinski definition) is 1. The highest BCUT2D eigenvalue weighted by atomic mass is 32.1. The second kappa shape index (κ2) is 7.40. The molecule has 1 amide bonds. The Bertz CT molecular complexity index is 894. The summed E-state index contributed by atoms with van der Waals surface area (Å²) in [4.78, 5) is 16.5. The third kappa shape index (κ3) is 4.19. The molecular weight excluding hydrogens is 346 g/mol. The molecule has 0 unspecified atom stereocenters. The lowest BCUT2D eigenvalue weighted by Crippen LogP contribution is -2.12. The van der Waals surface area contributed by atoms with Gasteiger partial charge >= 0.3 is 0 Å². The molecule has 0 atom stereocenters. The predicted octanol–water partition coefficient (Wildman–Crippen LogP) is 4.27. The fourth-order valence-corrected chi connectivity index (χ4v) is 2.99. The van der Waals surface area contributed by atoms with Gasteiger partial charge in [-0.3, -0.25) is 4.79 Å². The Morgan fingerprint density at radius 3 is 2.60 bits per heavy atom. The van der Waals surface area contributed by atoms with Crippen LogP contribution in [0.2, 0.25) is 0 Å². The number of rotatable bonds is 5. The van der Waals surface area contributed by atoms with Gasteiger partial charge in [-0.1, -0.05) is 12.1 Å². The number of nitrogens with zero attached hydrogens (tertiary/aromatic N) is 1. The number of nitrogens with one attached hydrogen (secondary N) is 1. The van der Waals surface area contributed by atoms with Crippen LogP contribution in [0.25, 0.3) is 0 Å². The minimum absolute atomic E-state index is 0.175. The molecule has 0 saturated heterocycles. The molecule has 1 heterocycles. The van der Waals surface area contributed by atoms with Crippen LogP contribution >= 0.6 is 11.3 Å². The van der Waals surface area contributed by atoms with E-state index in [4.69, 9.17) is 4.74 Å². The van der Waals surface area contributed by atoms with Crippen molar-refractivity contribution in [2.75, 3.05) is 12.4 Å². The molecular formula is C18H14F2N2O2S. The maximum Gasteiger partial charge on any atom is 0.275 e. The normalized spacial score (nSPS) is 10.5. The topological polar surface area (TPSA) is 51.2 Å². The van der Waals surface area contributed by atoms with Crippen molar-refractivity contribution in [3.63, 3.8) is 0 Å². The third-order valence-corrected chi connectivity index (χ3v) is 4.33. The van der Waals surface area contributed by atoms with Gasteiger partial charge in [-0.05, 0) is 29.8 Å². The number of ether oxygens (including phenoxy) is 1. The van der Waals surface area contributed by atoms with Gasteiger partial charge in [0.25, 0.3) is 5.91 Å². The maximum absolute atomic E-state index is 13.2. The van der Waals surface area contributed by atoms with Crippen molar-refractivity contribution in [1.82, 2.24) is 4.98 Å². The Morgan fingerprint density at radius 2 is 1.92 bits per heavy atom. The number of hydrogen-bond acceptors (Lipinski definition) is 4. The van der Waals surface area contributed by atoms with Crippen molar-refractivity contribution in [3.8, 4) is 5.75 Å². The zero-order chi connectivity index (χ0) is 17.8. The Hall–Kier alpha value is -2.80. The maximum atomic E-state index is 13.2. The fraction of sp³-hybridized carbons (Fsp3) is 0.111. The van der Waals surface area contributed by atoms with Crippen LogP contribution in [-0.4, -0.2) is 18.0 Å². The standard InChI is InChI=1S/C18H14F2N2O2S/c1-24-13-5-2-11(3-6-13)8-17-22-16(10-25-17)18(23)21-12-4-7-14(19)15(20)9-12/h2-7,9-10H,8H2,1H3,(H,21,23). The number of benzene rings is 2. The summed E-state index contributed by atoms with van der Waals surface area (Å²) in [5, 5.41) is 4.91. The molecule has 0 fully saturated rings. The van der Waals surface area contributed by atoms with Crippen LogP contribution in [0.3, 0.4) is 0 Å². The first-order valence-corrected chi connectivity index (χ1v) is 8.27. The zero-order valence-corrected chi connectivity index (χ0v) is 14.1. The number of methoxy groups -OCH3 is 1. The summed E-state index contributed by atoms with van der Waals surface area (Å²) >= 11 is 1.36. The predicted molar refractivity (Wildman–Crippen MR) is 92.2 cm³/mol. The highest BCUT2D eigenvalue weighted by molar-refractivity contribution is 7.09. The van der Waals surface area contributed by atoms with E-state index in [-0.39, 0.29) is 11.4 Å². The molecule has 25 heavy (non-hydrogen) atoms. The van der Waals surface area contributed by atoms with Gasteiger partial charge in [-0.2, -0.15) is 0 Å². The van der Waals surface area contributed by atoms with Gasteiger partial charge in [0, 0.05) is 23.6 Å². The summed E-state index contributed by atoms with van der Waals surface area (Å²) in [6.45, 7) is 0. The van der Waals surface area contributed by atoms with Crippen molar-refractivity contribution in [1.29, 1.82) is 0 Å². The largest absolute Gasteiger partial charge is 0.497 e. The number of anilines is 1. The van der Waals surface area contributed by atoms with Gasteiger partial charge in [0.05, 0.1) is 12.1 Å². The first kappa shape index (κ1) is 17.0. The van der Waals surface area contributed by atoms with E-state index in [2.05, 4.69) is 10.3 Å². The van der Waals surface area contributed by atoms with Crippen molar-refractivity contribution >= 4 is 22.9 Å². The van der Waals surface area contributed by atoms with Gasteiger partial charge in [-0.25, -0.2) is 13.8 Å². The molecule has 3 aromatic rings. The SMILES string of the molecule is COc1ccc(Cc2nc(C(=O)Nc3ccc(F)c(F)c3)cs2)cc1. The molecule has 3 rings (SSSR count). The summed E-state index contributed by atoms with van der Waals surface area (Å²) in [5.41, 5.74) is 1.45. The summed E-state index contributed by atoms with van der Waals surface area (Å²) in [6.07, 6.45) is 0.590. The molecule has 0 spiro atoms. The molecule has 4 nitrogen and oxygen atoms in total. The van der Waals surface area contributed by atoms with E-state index in [0.29, 0.717) is 6.42 Å². The summed E-state index contributed by atoms with van der Waals surface area (Å²) in [5.74, 6) is -1.68. The van der Waals surface area contributed by atoms with Gasteiger partial charge in [0.15, 0.2) is 11.6 Å². The van der Waals surface area contributed by atoms with Crippen molar-refractivity contribution in [2.24, 2.45) is 0 Å². The van der Waals surface area contributed by atoms with Crippen LogP contribution < -0.4 is 10.1 Å². The minimum atomic E-state index is -1.02. The summed E-state index contributed by atoms with van der Waals surface area (Å²) in [6, 6.07) is 10.8. The van der Waals surface area contributed by atoms with E-state index < -0.39 is 17.5 Å². The van der Waals surface area contributed by atoms with Crippen molar-refractivity contribution in [2.45, 2.75) is 6.42 Å². The average Bonchev–Trinajstić information content (AvgIpc) is 3.07. The average molecular weight is 360 g/mol. The van der Waals surface area contributed by atoms with E-state index in [1.54, 1.807) is 12.5 Å². The van der Waals surface area contributed by atoms with Crippen LogP contribution in [-0.2, 0) is 6.42 Å². The molecule has 0 aliphatic heterocycles. The van der Waals surface area contributed by atoms with Crippen LogP contribution in [0, 0.1) is 11.6 Å². The van der Waals surface area contributed by atoms with Gasteiger partial charge in [0.1, 0.15) is 11.4 Å². The smallest absolute Gasteiger partial charge is 0.275 e. The molecule has 128 valence electrons. The minimum Gasteiger partial charge on any atom is -0.497 e. The summed E-state index contributed by atoms with van der Waals surface area (Å²) in [7, 11) is 1.60. The van der Waals surface area contributed by atoms with Gasteiger partial charge in [0.2, 0.25) is 0 Å². The van der Waals surface area contributed by atoms with E-state index >= 15 is 0 Å². The highest BCUT2D eigenvalue weighted by Gasteiger charge is 2.12. The van der Waals surface area contributed by atoms with Crippen LogP contribution in [0.4, 0.5) is 14.5 Å². The number of carbonyl (C=O) groups is 1. The quantitative estimate of drug-likeness (QED) is 0.739. The Kier molecular flexibility index (Phi) is 5.04. The highest BCUT2D eigenvalue weighted by Crippen LogP contribution is 2.19. The van der Waals surface area contributed by atoms with Crippen LogP contribution in [0.15, 0.2) is 47.8 Å². The molecule has 0 aliphatic rings. The molecule has 0 saturated carbocycles. The fourth-order valence-electron chi connectivity index (χ4n) is 2.18. The van der Waals surface area contributed by atoms with Crippen molar-refractivity contribution in [3.05, 3.63) is 75.7 Å². The molecule has 2 aromatic carbocycles. The number of carbonyl (C=O) groups excluding carboxylic acids is 1. The first-order valence-electron chi connectivity index (χ1n) is 7.39. The number of amides is 1. The van der Waals surface area contributed by atoms with E-state index in [1.807, 2.05) is 24.3 Å². The molecule has 0 radical (unpaired) electrons. The lowest BCUT2D eigenvalue weighted by Gasteiger charge is -2.03. The van der Waals surface area contributed by atoms with E-state index in [9.17, 15) is 13.6 Å². The Labute approximate surface area is 147 Å². The van der Waals surface area contributed by atoms with E-state index in [0.717, 1.165) is 28.5 Å². The van der Waals surface area contributed by atoms with Gasteiger partial charge < -0.3 is 10.1 Å². The number of halogens is 2. The molecule has 0 bridgehead atoms.